The van der Waals surface area contributed by atoms with Gasteiger partial charge in [0.2, 0.25) is 0 Å². The maximum atomic E-state index is 5.30. The van der Waals surface area contributed by atoms with Gasteiger partial charge in [0, 0.05) is 17.1 Å². The second-order valence-corrected chi connectivity index (χ2v) is 7.28. The Bertz CT molecular complexity index is 921. The molecule has 4 aromatic rings. The van der Waals surface area contributed by atoms with Crippen molar-refractivity contribution in [2.24, 2.45) is 0 Å². The molecular weight excluding hydrogens is 390 g/mol. The molecule has 0 aliphatic heterocycles. The molecule has 4 aromatic carbocycles. The number of ether oxygens (including phenoxy) is 1. The number of anilines is 3. The largest absolute Gasteiger partial charge is 0.501 e. The lowest BCUT2D eigenvalue weighted by molar-refractivity contribution is 0.246. The van der Waals surface area contributed by atoms with Crippen molar-refractivity contribution in [1.82, 2.24) is 0 Å². The van der Waals surface area contributed by atoms with Gasteiger partial charge in [0.05, 0.1) is 12.9 Å². The molecule has 0 amide bonds. The highest BCUT2D eigenvalue weighted by atomic mass is 16.5. The summed E-state index contributed by atoms with van der Waals surface area (Å²) in [6.45, 7) is 2.98. The van der Waals surface area contributed by atoms with E-state index >= 15 is 0 Å². The molecule has 0 spiro atoms. The molecule has 2 heteroatoms. The SMILES string of the molecule is CCCCOC=Cc1ccccc1.c1ccc(N(c2ccccc2)c2ccccc2)cc1. The third kappa shape index (κ3) is 7.48. The first-order valence-electron chi connectivity index (χ1n) is 11.2. The summed E-state index contributed by atoms with van der Waals surface area (Å²) < 4.78 is 5.30. The third-order valence-corrected chi connectivity index (χ3v) is 4.82. The van der Waals surface area contributed by atoms with Crippen molar-refractivity contribution < 1.29 is 4.74 Å². The lowest BCUT2D eigenvalue weighted by Gasteiger charge is -2.25. The Morgan fingerprint density at radius 3 is 1.41 bits per heavy atom. The number of unbranched alkanes of at least 4 members (excludes halogenated alkanes) is 1. The highest BCUT2D eigenvalue weighted by molar-refractivity contribution is 5.76. The smallest absolute Gasteiger partial charge is 0.0873 e. The van der Waals surface area contributed by atoms with Crippen LogP contribution in [0.15, 0.2) is 128 Å². The van der Waals surface area contributed by atoms with Crippen molar-refractivity contribution in [3.05, 3.63) is 133 Å². The van der Waals surface area contributed by atoms with Gasteiger partial charge in [-0.05, 0) is 54.5 Å². The van der Waals surface area contributed by atoms with Crippen molar-refractivity contribution in [3.8, 4) is 0 Å². The summed E-state index contributed by atoms with van der Waals surface area (Å²) in [4.78, 5) is 2.25. The van der Waals surface area contributed by atoms with Gasteiger partial charge < -0.3 is 9.64 Å². The van der Waals surface area contributed by atoms with Crippen LogP contribution in [0.25, 0.3) is 6.08 Å². The summed E-state index contributed by atoms with van der Waals surface area (Å²) >= 11 is 0. The van der Waals surface area contributed by atoms with Crippen LogP contribution in [0.1, 0.15) is 25.3 Å². The van der Waals surface area contributed by atoms with Gasteiger partial charge in [-0.15, -0.1) is 0 Å². The molecule has 0 bridgehead atoms. The average Bonchev–Trinajstić information content (AvgIpc) is 2.87. The molecule has 0 aliphatic carbocycles. The monoisotopic (exact) mass is 421 g/mol. The molecule has 0 unspecified atom stereocenters. The van der Waals surface area contributed by atoms with E-state index in [0.717, 1.165) is 13.0 Å². The lowest BCUT2D eigenvalue weighted by atomic mass is 10.2. The van der Waals surface area contributed by atoms with Gasteiger partial charge in [0.15, 0.2) is 0 Å². The Kier molecular flexibility index (Phi) is 9.66. The van der Waals surface area contributed by atoms with Crippen LogP contribution in [0.3, 0.4) is 0 Å². The second-order valence-electron chi connectivity index (χ2n) is 7.28. The van der Waals surface area contributed by atoms with Crippen molar-refractivity contribution in [1.29, 1.82) is 0 Å². The molecule has 0 aliphatic rings. The highest BCUT2D eigenvalue weighted by Gasteiger charge is 2.10. The Balaban J connectivity index is 0.000000195. The maximum Gasteiger partial charge on any atom is 0.0873 e. The fraction of sp³-hybridized carbons (Fsp3) is 0.133. The van der Waals surface area contributed by atoms with Gasteiger partial charge in [-0.1, -0.05) is 98.3 Å². The number of rotatable bonds is 8. The van der Waals surface area contributed by atoms with Crippen LogP contribution in [-0.4, -0.2) is 6.61 Å². The summed E-state index contributed by atoms with van der Waals surface area (Å²) in [5.41, 5.74) is 4.68. The van der Waals surface area contributed by atoms with Crippen LogP contribution < -0.4 is 4.90 Å². The predicted molar refractivity (Wildman–Crippen MR) is 137 cm³/mol. The van der Waals surface area contributed by atoms with Gasteiger partial charge in [-0.3, -0.25) is 0 Å². The summed E-state index contributed by atoms with van der Waals surface area (Å²) in [6, 6.07) is 41.4. The minimum Gasteiger partial charge on any atom is -0.501 e. The van der Waals surface area contributed by atoms with E-state index in [4.69, 9.17) is 4.74 Å². The van der Waals surface area contributed by atoms with Crippen LogP contribution in [0, 0.1) is 0 Å². The fourth-order valence-corrected chi connectivity index (χ4v) is 3.16. The standard InChI is InChI=1S/C18H15N.C12H16O/c1-4-10-16(11-5-1)19(17-12-6-2-7-13-17)18-14-8-3-9-15-18;1-2-3-10-13-11-9-12-7-5-4-6-8-12/h1-15H;4-9,11H,2-3,10H2,1H3. The molecule has 2 nitrogen and oxygen atoms in total. The van der Waals surface area contributed by atoms with Crippen LogP contribution in [0.5, 0.6) is 0 Å². The van der Waals surface area contributed by atoms with Gasteiger partial charge in [-0.2, -0.15) is 0 Å². The van der Waals surface area contributed by atoms with Gasteiger partial charge >= 0.3 is 0 Å². The van der Waals surface area contributed by atoms with E-state index in [2.05, 4.69) is 96.8 Å². The predicted octanol–water partition coefficient (Wildman–Crippen LogP) is 8.63. The zero-order valence-corrected chi connectivity index (χ0v) is 18.7. The number of hydrogen-bond acceptors (Lipinski definition) is 2. The van der Waals surface area contributed by atoms with Crippen LogP contribution >= 0.6 is 0 Å². The molecule has 0 fully saturated rings. The van der Waals surface area contributed by atoms with Crippen molar-refractivity contribution in [2.75, 3.05) is 11.5 Å². The molecule has 0 aromatic heterocycles. The average molecular weight is 422 g/mol. The van der Waals surface area contributed by atoms with E-state index < -0.39 is 0 Å². The van der Waals surface area contributed by atoms with Gasteiger partial charge in [0.1, 0.15) is 0 Å². The normalized spacial score (nSPS) is 10.3. The number of hydrogen-bond donors (Lipinski definition) is 0. The first-order valence-corrected chi connectivity index (χ1v) is 11.2. The van der Waals surface area contributed by atoms with Gasteiger partial charge in [0.25, 0.3) is 0 Å². The Labute approximate surface area is 192 Å². The van der Waals surface area contributed by atoms with Crippen LogP contribution in [0.4, 0.5) is 17.1 Å². The summed E-state index contributed by atoms with van der Waals surface area (Å²) in [7, 11) is 0. The molecule has 0 radical (unpaired) electrons. The molecule has 0 saturated carbocycles. The number of nitrogens with zero attached hydrogens (tertiary/aromatic N) is 1. The molecule has 0 heterocycles. The summed E-state index contributed by atoms with van der Waals surface area (Å²) in [6.07, 6.45) is 6.05. The Hall–Kier alpha value is -3.78. The fourth-order valence-electron chi connectivity index (χ4n) is 3.16. The van der Waals surface area contributed by atoms with E-state index in [1.54, 1.807) is 6.26 Å². The van der Waals surface area contributed by atoms with Crippen LogP contribution in [-0.2, 0) is 4.74 Å². The highest BCUT2D eigenvalue weighted by Crippen LogP contribution is 2.33. The van der Waals surface area contributed by atoms with Crippen molar-refractivity contribution in [3.63, 3.8) is 0 Å². The minimum atomic E-state index is 0.819. The van der Waals surface area contributed by atoms with E-state index in [-0.39, 0.29) is 0 Å². The van der Waals surface area contributed by atoms with Crippen LogP contribution in [0.2, 0.25) is 0 Å². The minimum absolute atomic E-state index is 0.819. The van der Waals surface area contributed by atoms with E-state index in [1.165, 1.54) is 29.0 Å². The number of benzene rings is 4. The Morgan fingerprint density at radius 1 is 0.594 bits per heavy atom. The molecule has 0 saturated heterocycles. The lowest BCUT2D eigenvalue weighted by Crippen LogP contribution is -2.09. The summed E-state index contributed by atoms with van der Waals surface area (Å²) in [5, 5.41) is 0. The van der Waals surface area contributed by atoms with Crippen molar-refractivity contribution in [2.45, 2.75) is 19.8 Å². The molecule has 162 valence electrons. The summed E-state index contributed by atoms with van der Waals surface area (Å²) in [5.74, 6) is 0. The second kappa shape index (κ2) is 13.5. The zero-order chi connectivity index (χ0) is 22.3. The topological polar surface area (TPSA) is 12.5 Å². The third-order valence-electron chi connectivity index (χ3n) is 4.82. The molecule has 0 atom stereocenters. The van der Waals surface area contributed by atoms with E-state index in [0.29, 0.717) is 0 Å². The van der Waals surface area contributed by atoms with E-state index in [9.17, 15) is 0 Å². The zero-order valence-electron chi connectivity index (χ0n) is 18.7. The van der Waals surface area contributed by atoms with Gasteiger partial charge in [-0.25, -0.2) is 0 Å². The molecular formula is C30H31NO. The first kappa shape index (κ1) is 22.9. The van der Waals surface area contributed by atoms with Crippen molar-refractivity contribution >= 4 is 23.1 Å². The van der Waals surface area contributed by atoms with E-state index in [1.807, 2.05) is 42.5 Å². The number of para-hydroxylation sites is 3. The quantitative estimate of drug-likeness (QED) is 0.208. The Morgan fingerprint density at radius 2 is 1.00 bits per heavy atom. The first-order chi connectivity index (χ1) is 15.9. The maximum absolute atomic E-state index is 5.30. The molecule has 32 heavy (non-hydrogen) atoms. The molecule has 0 N–H and O–H groups in total. The molecule has 4 rings (SSSR count).